The number of rotatable bonds is 8. The van der Waals surface area contributed by atoms with Crippen LogP contribution < -0.4 is 10.1 Å². The quantitative estimate of drug-likeness (QED) is 0.366. The van der Waals surface area contributed by atoms with Crippen LogP contribution in [0.15, 0.2) is 71.6 Å². The minimum Gasteiger partial charge on any atom is -0.487 e. The predicted molar refractivity (Wildman–Crippen MR) is 137 cm³/mol. The number of anilines is 1. The smallest absolute Gasteiger partial charge is 0.335 e. The van der Waals surface area contributed by atoms with E-state index in [1.54, 1.807) is 30.3 Å². The number of aromatic carboxylic acids is 1. The number of nitrogens with one attached hydrogen (secondary N) is 1. The lowest BCUT2D eigenvalue weighted by atomic mass is 10.1. The summed E-state index contributed by atoms with van der Waals surface area (Å²) in [5.74, 6) is -2.31. The Bertz CT molecular complexity index is 1410. The molecule has 0 aliphatic carbocycles. The zero-order chi connectivity index (χ0) is 26.5. The van der Waals surface area contributed by atoms with Gasteiger partial charge in [-0.25, -0.2) is 9.18 Å². The standard InChI is InChI=1S/C26H18ClFN2O6S/c27-20-11-16(3-10-21(20)36-14-15-1-4-17(5-2-15)25(33)34)12-22-24(32)30(26(35)37-22)13-23(31)29-19-8-6-18(28)7-9-19/h1-12H,13-14H2,(H,29,31)(H,33,34)/b22-12-. The van der Waals surface area contributed by atoms with Crippen LogP contribution in [0.3, 0.4) is 0 Å². The molecule has 0 spiro atoms. The van der Waals surface area contributed by atoms with Gasteiger partial charge in [0, 0.05) is 5.69 Å². The summed E-state index contributed by atoms with van der Waals surface area (Å²) in [6, 6.07) is 16.2. The van der Waals surface area contributed by atoms with Gasteiger partial charge in [0.05, 0.1) is 15.5 Å². The molecule has 37 heavy (non-hydrogen) atoms. The molecule has 4 rings (SSSR count). The summed E-state index contributed by atoms with van der Waals surface area (Å²) in [5.41, 5.74) is 1.80. The Balaban J connectivity index is 1.37. The lowest BCUT2D eigenvalue weighted by Gasteiger charge is -2.12. The second-order valence-electron chi connectivity index (χ2n) is 7.80. The van der Waals surface area contributed by atoms with E-state index in [1.165, 1.54) is 42.5 Å². The fourth-order valence-corrected chi connectivity index (χ4v) is 4.38. The van der Waals surface area contributed by atoms with Gasteiger partial charge in [-0.15, -0.1) is 0 Å². The third kappa shape index (κ3) is 6.54. The van der Waals surface area contributed by atoms with Crippen molar-refractivity contribution in [2.75, 3.05) is 11.9 Å². The van der Waals surface area contributed by atoms with E-state index >= 15 is 0 Å². The molecule has 2 N–H and O–H groups in total. The zero-order valence-corrected chi connectivity index (χ0v) is 20.5. The number of hydrogen-bond donors (Lipinski definition) is 2. The molecule has 8 nitrogen and oxygen atoms in total. The fraction of sp³-hybridized carbons (Fsp3) is 0.0769. The number of carbonyl (C=O) groups excluding carboxylic acids is 3. The fourth-order valence-electron chi connectivity index (χ4n) is 3.29. The highest BCUT2D eigenvalue weighted by atomic mass is 35.5. The number of imide groups is 1. The molecule has 0 saturated carbocycles. The summed E-state index contributed by atoms with van der Waals surface area (Å²) in [4.78, 5) is 49.2. The number of hydrogen-bond acceptors (Lipinski definition) is 6. The van der Waals surface area contributed by atoms with Crippen molar-refractivity contribution < 1.29 is 33.4 Å². The molecule has 1 saturated heterocycles. The average molecular weight is 541 g/mol. The summed E-state index contributed by atoms with van der Waals surface area (Å²) in [6.45, 7) is -0.321. The highest BCUT2D eigenvalue weighted by Crippen LogP contribution is 2.34. The lowest BCUT2D eigenvalue weighted by Crippen LogP contribution is -2.36. The number of carboxylic acids is 1. The minimum atomic E-state index is -1.02. The number of carboxylic acid groups (broad SMARTS) is 1. The van der Waals surface area contributed by atoms with Gasteiger partial charge in [-0.2, -0.15) is 0 Å². The first-order chi connectivity index (χ1) is 17.7. The van der Waals surface area contributed by atoms with Gasteiger partial charge in [0.15, 0.2) is 0 Å². The van der Waals surface area contributed by atoms with Gasteiger partial charge in [-0.1, -0.05) is 29.8 Å². The molecule has 3 amide bonds. The first-order valence-electron chi connectivity index (χ1n) is 10.7. The largest absolute Gasteiger partial charge is 0.487 e. The Morgan fingerprint density at radius 1 is 1.05 bits per heavy atom. The predicted octanol–water partition coefficient (Wildman–Crippen LogP) is 5.43. The van der Waals surface area contributed by atoms with Gasteiger partial charge in [0.25, 0.3) is 11.1 Å². The van der Waals surface area contributed by atoms with E-state index in [4.69, 9.17) is 21.4 Å². The van der Waals surface area contributed by atoms with Crippen molar-refractivity contribution in [1.29, 1.82) is 0 Å². The molecule has 0 bridgehead atoms. The van der Waals surface area contributed by atoms with Crippen LogP contribution in [0.5, 0.6) is 5.75 Å². The van der Waals surface area contributed by atoms with Gasteiger partial charge in [-0.3, -0.25) is 19.3 Å². The second kappa shape index (κ2) is 11.3. The zero-order valence-electron chi connectivity index (χ0n) is 18.9. The molecule has 11 heteroatoms. The minimum absolute atomic E-state index is 0.128. The average Bonchev–Trinajstić information content (AvgIpc) is 3.12. The van der Waals surface area contributed by atoms with Crippen molar-refractivity contribution in [3.05, 3.63) is 99.2 Å². The summed E-state index contributed by atoms with van der Waals surface area (Å²) in [7, 11) is 0. The summed E-state index contributed by atoms with van der Waals surface area (Å²) < 4.78 is 18.7. The maximum absolute atomic E-state index is 13.0. The maximum atomic E-state index is 13.0. The van der Waals surface area contributed by atoms with Crippen LogP contribution in [0, 0.1) is 5.82 Å². The Hall–Kier alpha value is -4.15. The molecule has 1 fully saturated rings. The van der Waals surface area contributed by atoms with Crippen LogP contribution >= 0.6 is 23.4 Å². The Morgan fingerprint density at radius 2 is 1.76 bits per heavy atom. The van der Waals surface area contributed by atoms with Gasteiger partial charge in [0.2, 0.25) is 5.91 Å². The Labute approximate surface area is 219 Å². The van der Waals surface area contributed by atoms with Crippen LogP contribution in [0.25, 0.3) is 6.08 Å². The van der Waals surface area contributed by atoms with Crippen molar-refractivity contribution in [1.82, 2.24) is 4.90 Å². The first kappa shape index (κ1) is 25.9. The van der Waals surface area contributed by atoms with Gasteiger partial charge < -0.3 is 15.2 Å². The van der Waals surface area contributed by atoms with Crippen LogP contribution in [0.2, 0.25) is 5.02 Å². The molecule has 1 heterocycles. The highest BCUT2D eigenvalue weighted by molar-refractivity contribution is 8.18. The van der Waals surface area contributed by atoms with E-state index in [2.05, 4.69) is 5.32 Å². The molecule has 1 aliphatic rings. The van der Waals surface area contributed by atoms with E-state index < -0.39 is 35.4 Å². The van der Waals surface area contributed by atoms with Crippen molar-refractivity contribution in [3.63, 3.8) is 0 Å². The normalized spacial score (nSPS) is 14.2. The summed E-state index contributed by atoms with van der Waals surface area (Å²) in [5, 5.41) is 11.2. The third-order valence-corrected chi connectivity index (χ3v) is 6.35. The molecule has 3 aromatic rings. The first-order valence-corrected chi connectivity index (χ1v) is 11.9. The molecule has 0 atom stereocenters. The van der Waals surface area contributed by atoms with Crippen LogP contribution in [0.1, 0.15) is 21.5 Å². The SMILES string of the molecule is O=C(CN1C(=O)S/C(=C\c2ccc(OCc3ccc(C(=O)O)cc3)c(Cl)c2)C1=O)Nc1ccc(F)cc1. The molecule has 1 aliphatic heterocycles. The Morgan fingerprint density at radius 3 is 2.41 bits per heavy atom. The summed E-state index contributed by atoms with van der Waals surface area (Å²) in [6.07, 6.45) is 1.49. The van der Waals surface area contributed by atoms with E-state index in [0.29, 0.717) is 28.8 Å². The van der Waals surface area contributed by atoms with Gasteiger partial charge in [0.1, 0.15) is 24.7 Å². The number of thioether (sulfide) groups is 1. The number of benzene rings is 3. The van der Waals surface area contributed by atoms with Crippen molar-refractivity contribution in [3.8, 4) is 5.75 Å². The molecule has 3 aromatic carbocycles. The third-order valence-electron chi connectivity index (χ3n) is 5.15. The van der Waals surface area contributed by atoms with E-state index in [1.807, 2.05) is 0 Å². The number of carbonyl (C=O) groups is 4. The number of amides is 3. The molecular weight excluding hydrogens is 523 g/mol. The number of halogens is 2. The van der Waals surface area contributed by atoms with Crippen LogP contribution in [-0.2, 0) is 16.2 Å². The van der Waals surface area contributed by atoms with E-state index in [9.17, 15) is 23.6 Å². The van der Waals surface area contributed by atoms with Crippen molar-refractivity contribution in [2.45, 2.75) is 6.61 Å². The van der Waals surface area contributed by atoms with Gasteiger partial charge >= 0.3 is 5.97 Å². The van der Waals surface area contributed by atoms with Crippen LogP contribution in [-0.4, -0.2) is 39.6 Å². The summed E-state index contributed by atoms with van der Waals surface area (Å²) >= 11 is 7.02. The topological polar surface area (TPSA) is 113 Å². The monoisotopic (exact) mass is 540 g/mol. The molecule has 0 unspecified atom stereocenters. The molecule has 188 valence electrons. The second-order valence-corrected chi connectivity index (χ2v) is 9.20. The van der Waals surface area contributed by atoms with E-state index in [-0.39, 0.29) is 22.1 Å². The number of ether oxygens (including phenoxy) is 1. The van der Waals surface area contributed by atoms with Crippen molar-refractivity contribution >= 4 is 58.1 Å². The highest BCUT2D eigenvalue weighted by Gasteiger charge is 2.36. The molecule has 0 radical (unpaired) electrons. The Kier molecular flexibility index (Phi) is 7.90. The molecule has 0 aromatic heterocycles. The van der Waals surface area contributed by atoms with E-state index in [0.717, 1.165) is 10.5 Å². The lowest BCUT2D eigenvalue weighted by molar-refractivity contribution is -0.127. The van der Waals surface area contributed by atoms with Crippen molar-refractivity contribution in [2.24, 2.45) is 0 Å². The molecular formula is C26H18ClFN2O6S. The maximum Gasteiger partial charge on any atom is 0.335 e. The number of nitrogens with zero attached hydrogens (tertiary/aromatic N) is 1. The van der Waals surface area contributed by atoms with Gasteiger partial charge in [-0.05, 0) is 77.5 Å². The van der Waals surface area contributed by atoms with Crippen LogP contribution in [0.4, 0.5) is 14.9 Å².